The minimum atomic E-state index is -0.271. The number of nitrogens with zero attached hydrogens (tertiary/aromatic N) is 1. The van der Waals surface area contributed by atoms with Gasteiger partial charge >= 0.3 is 0 Å². The Morgan fingerprint density at radius 1 is 0.548 bits per heavy atom. The van der Waals surface area contributed by atoms with Crippen molar-refractivity contribution in [1.82, 2.24) is 4.57 Å². The number of benzene rings is 6. The van der Waals surface area contributed by atoms with Gasteiger partial charge in [-0.05, 0) is 48.5 Å². The van der Waals surface area contributed by atoms with E-state index in [-0.39, 0.29) is 6.23 Å². The molecule has 0 radical (unpaired) electrons. The standard InChI is InChI=1S/C37H22N2OS2/c1-5-13-26-21(9-1)22-10-2-6-14-27(22)39(26)28-18-17-25(36-33(28)23-11-3-8-16-31(23)42-36)37-38-35-29(40-37)19-20-32-34(35)24-12-4-7-15-30(24)41-32/h1-20,37-38H. The first-order chi connectivity index (χ1) is 20.8. The number of hydrogen-bond acceptors (Lipinski definition) is 4. The molecule has 0 amide bonds. The summed E-state index contributed by atoms with van der Waals surface area (Å²) in [6.45, 7) is 0. The lowest BCUT2D eigenvalue weighted by Crippen LogP contribution is -2.10. The van der Waals surface area contributed by atoms with Gasteiger partial charge in [0.1, 0.15) is 5.75 Å². The van der Waals surface area contributed by atoms with Crippen LogP contribution in [0.1, 0.15) is 11.8 Å². The van der Waals surface area contributed by atoms with E-state index in [4.69, 9.17) is 4.74 Å². The van der Waals surface area contributed by atoms with E-state index in [9.17, 15) is 0 Å². The number of rotatable bonds is 2. The number of para-hydroxylation sites is 2. The molecule has 1 atom stereocenters. The zero-order valence-corrected chi connectivity index (χ0v) is 23.9. The van der Waals surface area contributed by atoms with Gasteiger partial charge in [-0.3, -0.25) is 0 Å². The highest BCUT2D eigenvalue weighted by atomic mass is 32.1. The van der Waals surface area contributed by atoms with Gasteiger partial charge in [0.05, 0.1) is 22.4 Å². The molecule has 6 aromatic carbocycles. The van der Waals surface area contributed by atoms with Gasteiger partial charge in [-0.15, -0.1) is 22.7 Å². The summed E-state index contributed by atoms with van der Waals surface area (Å²) < 4.78 is 14.2. The molecule has 5 heteroatoms. The van der Waals surface area contributed by atoms with E-state index in [1.807, 2.05) is 22.7 Å². The maximum atomic E-state index is 6.69. The minimum absolute atomic E-state index is 0.271. The maximum Gasteiger partial charge on any atom is 0.198 e. The molecule has 1 N–H and O–H groups in total. The van der Waals surface area contributed by atoms with E-state index in [0.29, 0.717) is 0 Å². The minimum Gasteiger partial charge on any atom is -0.464 e. The first kappa shape index (κ1) is 22.8. The third-order valence-electron chi connectivity index (χ3n) is 8.66. The molecular weight excluding hydrogens is 553 g/mol. The number of hydrogen-bond donors (Lipinski definition) is 1. The molecule has 9 aromatic rings. The fourth-order valence-electron chi connectivity index (χ4n) is 6.87. The van der Waals surface area contributed by atoms with Crippen molar-refractivity contribution in [2.24, 2.45) is 0 Å². The third kappa shape index (κ3) is 2.99. The molecule has 198 valence electrons. The highest BCUT2D eigenvalue weighted by Gasteiger charge is 2.30. The fourth-order valence-corrected chi connectivity index (χ4v) is 9.24. The van der Waals surface area contributed by atoms with E-state index < -0.39 is 0 Å². The molecule has 3 aromatic heterocycles. The van der Waals surface area contributed by atoms with Gasteiger partial charge in [0.15, 0.2) is 6.23 Å². The molecule has 42 heavy (non-hydrogen) atoms. The molecule has 1 aliphatic heterocycles. The van der Waals surface area contributed by atoms with Crippen LogP contribution in [0.15, 0.2) is 121 Å². The van der Waals surface area contributed by atoms with Crippen LogP contribution in [-0.2, 0) is 0 Å². The predicted octanol–water partition coefficient (Wildman–Crippen LogP) is 11.0. The summed E-state index contributed by atoms with van der Waals surface area (Å²) in [7, 11) is 0. The van der Waals surface area contributed by atoms with Crippen LogP contribution in [-0.4, -0.2) is 4.57 Å². The van der Waals surface area contributed by atoms with Crippen LogP contribution in [0.4, 0.5) is 5.69 Å². The summed E-state index contributed by atoms with van der Waals surface area (Å²) in [5.41, 5.74) is 5.90. The van der Waals surface area contributed by atoms with E-state index in [2.05, 4.69) is 131 Å². The zero-order chi connectivity index (χ0) is 27.4. The Bertz CT molecular complexity index is 2500. The molecule has 0 fully saturated rings. The summed E-state index contributed by atoms with van der Waals surface area (Å²) in [5.74, 6) is 0.914. The molecule has 4 heterocycles. The second-order valence-corrected chi connectivity index (χ2v) is 13.0. The Balaban J connectivity index is 1.23. The van der Waals surface area contributed by atoms with Gasteiger partial charge in [-0.1, -0.05) is 72.8 Å². The van der Waals surface area contributed by atoms with Crippen LogP contribution in [0.25, 0.3) is 67.8 Å². The molecule has 0 saturated carbocycles. The smallest absolute Gasteiger partial charge is 0.198 e. The van der Waals surface area contributed by atoms with Crippen LogP contribution in [0.2, 0.25) is 0 Å². The fraction of sp³-hybridized carbons (Fsp3) is 0.0270. The monoisotopic (exact) mass is 574 g/mol. The summed E-state index contributed by atoms with van der Waals surface area (Å²) in [5, 5.41) is 11.4. The van der Waals surface area contributed by atoms with E-state index in [0.717, 1.165) is 11.4 Å². The second kappa shape index (κ2) is 8.35. The topological polar surface area (TPSA) is 26.2 Å². The average Bonchev–Trinajstić information content (AvgIpc) is 3.80. The van der Waals surface area contributed by atoms with Crippen LogP contribution < -0.4 is 10.1 Å². The second-order valence-electron chi connectivity index (χ2n) is 10.9. The van der Waals surface area contributed by atoms with Crippen LogP contribution in [0.5, 0.6) is 5.75 Å². The average molecular weight is 575 g/mol. The normalized spacial score (nSPS) is 14.8. The molecular formula is C37H22N2OS2. The van der Waals surface area contributed by atoms with Crippen molar-refractivity contribution >= 4 is 90.5 Å². The number of fused-ring (bicyclic) bond motifs is 11. The van der Waals surface area contributed by atoms with E-state index in [1.54, 1.807) is 0 Å². The van der Waals surface area contributed by atoms with Gasteiger partial charge in [-0.25, -0.2) is 0 Å². The van der Waals surface area contributed by atoms with Crippen molar-refractivity contribution in [3.63, 3.8) is 0 Å². The van der Waals surface area contributed by atoms with Crippen molar-refractivity contribution in [2.75, 3.05) is 5.32 Å². The molecule has 0 spiro atoms. The van der Waals surface area contributed by atoms with Crippen molar-refractivity contribution in [2.45, 2.75) is 6.23 Å². The molecule has 1 unspecified atom stereocenters. The van der Waals surface area contributed by atoms with Gasteiger partial charge < -0.3 is 14.6 Å². The van der Waals surface area contributed by atoms with Gasteiger partial charge in [0, 0.05) is 56.7 Å². The molecule has 1 aliphatic rings. The number of ether oxygens (including phenoxy) is 1. The van der Waals surface area contributed by atoms with Gasteiger partial charge in [-0.2, -0.15) is 0 Å². The number of nitrogens with one attached hydrogen (secondary N) is 1. The Kier molecular flexibility index (Phi) is 4.53. The Hall–Kier alpha value is -4.84. The van der Waals surface area contributed by atoms with Gasteiger partial charge in [0.25, 0.3) is 0 Å². The SMILES string of the molecule is c1ccc2c(c1)sc1ccc3c(c12)NC(c1ccc(-n2c4ccccc4c4ccccc42)c2c1sc1ccccc12)O3. The summed E-state index contributed by atoms with van der Waals surface area (Å²) >= 11 is 3.69. The molecule has 3 nitrogen and oxygen atoms in total. The quantitative estimate of drug-likeness (QED) is 0.222. The third-order valence-corrected chi connectivity index (χ3v) is 11.0. The molecule has 0 bridgehead atoms. The maximum absolute atomic E-state index is 6.69. The molecule has 0 saturated heterocycles. The first-order valence-electron chi connectivity index (χ1n) is 14.1. The van der Waals surface area contributed by atoms with Crippen LogP contribution >= 0.6 is 22.7 Å². The summed E-state index contributed by atoms with van der Waals surface area (Å²) in [6, 6.07) is 43.8. The number of anilines is 1. The van der Waals surface area contributed by atoms with Crippen molar-refractivity contribution in [3.8, 4) is 11.4 Å². The lowest BCUT2D eigenvalue weighted by atomic mass is 10.1. The molecule has 10 rings (SSSR count). The number of aromatic nitrogens is 1. The van der Waals surface area contributed by atoms with Gasteiger partial charge in [0.2, 0.25) is 0 Å². The van der Waals surface area contributed by atoms with Crippen molar-refractivity contribution in [3.05, 3.63) is 127 Å². The van der Waals surface area contributed by atoms with E-state index in [1.165, 1.54) is 73.4 Å². The first-order valence-corrected chi connectivity index (χ1v) is 15.8. The zero-order valence-electron chi connectivity index (χ0n) is 22.3. The largest absolute Gasteiger partial charge is 0.464 e. The lowest BCUT2D eigenvalue weighted by molar-refractivity contribution is 0.261. The van der Waals surface area contributed by atoms with Crippen LogP contribution in [0.3, 0.4) is 0 Å². The van der Waals surface area contributed by atoms with Crippen molar-refractivity contribution in [1.29, 1.82) is 0 Å². The number of thiophene rings is 2. The van der Waals surface area contributed by atoms with E-state index >= 15 is 0 Å². The predicted molar refractivity (Wildman–Crippen MR) is 180 cm³/mol. The van der Waals surface area contributed by atoms with Crippen molar-refractivity contribution < 1.29 is 4.74 Å². The Morgan fingerprint density at radius 3 is 1.90 bits per heavy atom. The molecule has 0 aliphatic carbocycles. The summed E-state index contributed by atoms with van der Waals surface area (Å²) in [6.07, 6.45) is -0.271. The highest BCUT2D eigenvalue weighted by Crippen LogP contribution is 2.50. The Morgan fingerprint density at radius 2 is 1.17 bits per heavy atom. The Labute approximate surface area is 248 Å². The summed E-state index contributed by atoms with van der Waals surface area (Å²) in [4.78, 5) is 0. The van der Waals surface area contributed by atoms with Crippen LogP contribution in [0, 0.1) is 0 Å². The lowest BCUT2D eigenvalue weighted by Gasteiger charge is -2.16. The highest BCUT2D eigenvalue weighted by molar-refractivity contribution is 7.26.